The molecule has 0 unspecified atom stereocenters. The Labute approximate surface area is 112 Å². The van der Waals surface area contributed by atoms with Crippen molar-refractivity contribution in [1.29, 1.82) is 0 Å². The van der Waals surface area contributed by atoms with Gasteiger partial charge in [0.05, 0.1) is 5.56 Å². The van der Waals surface area contributed by atoms with Crippen LogP contribution in [-0.2, 0) is 0 Å². The lowest BCUT2D eigenvalue weighted by atomic mass is 10.1. The average Bonchev–Trinajstić information content (AvgIpc) is 2.39. The summed E-state index contributed by atoms with van der Waals surface area (Å²) in [5, 5.41) is 8.80. The van der Waals surface area contributed by atoms with Gasteiger partial charge in [-0.25, -0.2) is 9.18 Å². The highest BCUT2D eigenvalue weighted by atomic mass is 19.1. The van der Waals surface area contributed by atoms with Crippen LogP contribution in [0.15, 0.2) is 18.2 Å². The zero-order valence-corrected chi connectivity index (χ0v) is 11.1. The summed E-state index contributed by atoms with van der Waals surface area (Å²) in [6.45, 7) is 6.90. The summed E-state index contributed by atoms with van der Waals surface area (Å²) in [4.78, 5) is 15.2. The molecule has 0 radical (unpaired) electrons. The van der Waals surface area contributed by atoms with E-state index in [1.165, 1.54) is 12.1 Å². The molecule has 0 bridgehead atoms. The molecule has 0 aliphatic carbocycles. The highest BCUT2D eigenvalue weighted by Crippen LogP contribution is 2.20. The van der Waals surface area contributed by atoms with Crippen molar-refractivity contribution in [2.75, 3.05) is 37.6 Å². The molecular weight excluding hydrogens is 247 g/mol. The standard InChI is InChI=1S/C14H19FN2O2/c1-2-5-16-6-8-17(9-7-16)11-3-4-12(14(18)19)13(15)10-11/h3-4,10H,2,5-9H2,1H3,(H,18,19). The Kier molecular flexibility index (Phi) is 4.37. The van der Waals surface area contributed by atoms with E-state index < -0.39 is 11.8 Å². The third-order valence-corrected chi connectivity index (χ3v) is 3.46. The van der Waals surface area contributed by atoms with Gasteiger partial charge in [-0.05, 0) is 31.2 Å². The molecule has 4 nitrogen and oxygen atoms in total. The highest BCUT2D eigenvalue weighted by Gasteiger charge is 2.18. The number of carbonyl (C=O) groups is 1. The molecule has 1 N–H and O–H groups in total. The summed E-state index contributed by atoms with van der Waals surface area (Å²) in [5.41, 5.74) is 0.493. The van der Waals surface area contributed by atoms with E-state index in [0.717, 1.165) is 44.8 Å². The summed E-state index contributed by atoms with van der Waals surface area (Å²) in [6.07, 6.45) is 1.14. The molecule has 0 aromatic heterocycles. The second-order valence-corrected chi connectivity index (χ2v) is 4.80. The Morgan fingerprint density at radius 3 is 2.53 bits per heavy atom. The van der Waals surface area contributed by atoms with Gasteiger partial charge in [-0.2, -0.15) is 0 Å². The summed E-state index contributed by atoms with van der Waals surface area (Å²) in [5.74, 6) is -1.89. The van der Waals surface area contributed by atoms with Gasteiger partial charge in [0.1, 0.15) is 5.82 Å². The molecule has 104 valence electrons. The Morgan fingerprint density at radius 1 is 1.32 bits per heavy atom. The molecule has 0 spiro atoms. The van der Waals surface area contributed by atoms with Crippen molar-refractivity contribution in [1.82, 2.24) is 4.90 Å². The lowest BCUT2D eigenvalue weighted by Gasteiger charge is -2.36. The van der Waals surface area contributed by atoms with Crippen molar-refractivity contribution in [3.63, 3.8) is 0 Å². The largest absolute Gasteiger partial charge is 0.478 e. The van der Waals surface area contributed by atoms with E-state index in [-0.39, 0.29) is 5.56 Å². The van der Waals surface area contributed by atoms with Gasteiger partial charge in [-0.1, -0.05) is 6.92 Å². The summed E-state index contributed by atoms with van der Waals surface area (Å²) >= 11 is 0. The van der Waals surface area contributed by atoms with Gasteiger partial charge >= 0.3 is 5.97 Å². The van der Waals surface area contributed by atoms with Crippen LogP contribution in [0.1, 0.15) is 23.7 Å². The average molecular weight is 266 g/mol. The number of carboxylic acid groups (broad SMARTS) is 1. The normalized spacial score (nSPS) is 16.6. The Morgan fingerprint density at radius 2 is 2.00 bits per heavy atom. The monoisotopic (exact) mass is 266 g/mol. The zero-order chi connectivity index (χ0) is 13.8. The van der Waals surface area contributed by atoms with Crippen LogP contribution in [0.2, 0.25) is 0 Å². The quantitative estimate of drug-likeness (QED) is 0.906. The molecule has 0 saturated carbocycles. The van der Waals surface area contributed by atoms with E-state index in [0.29, 0.717) is 0 Å². The van der Waals surface area contributed by atoms with Crippen LogP contribution in [0.25, 0.3) is 0 Å². The van der Waals surface area contributed by atoms with Gasteiger partial charge in [0.15, 0.2) is 0 Å². The number of hydrogen-bond donors (Lipinski definition) is 1. The van der Waals surface area contributed by atoms with Crippen LogP contribution in [0.3, 0.4) is 0 Å². The summed E-state index contributed by atoms with van der Waals surface area (Å²) in [6, 6.07) is 4.34. The van der Waals surface area contributed by atoms with Crippen LogP contribution in [-0.4, -0.2) is 48.7 Å². The van der Waals surface area contributed by atoms with Crippen LogP contribution in [0.4, 0.5) is 10.1 Å². The molecule has 0 atom stereocenters. The van der Waals surface area contributed by atoms with Crippen molar-refractivity contribution in [3.05, 3.63) is 29.6 Å². The molecule has 0 amide bonds. The fraction of sp³-hybridized carbons (Fsp3) is 0.500. The first-order valence-corrected chi connectivity index (χ1v) is 6.62. The molecule has 1 aliphatic rings. The van der Waals surface area contributed by atoms with Gasteiger partial charge < -0.3 is 10.0 Å². The minimum absolute atomic E-state index is 0.270. The number of aromatic carboxylic acids is 1. The van der Waals surface area contributed by atoms with Gasteiger partial charge in [-0.15, -0.1) is 0 Å². The van der Waals surface area contributed by atoms with Crippen molar-refractivity contribution in [2.24, 2.45) is 0 Å². The molecule has 1 heterocycles. The molecule has 19 heavy (non-hydrogen) atoms. The second kappa shape index (κ2) is 6.02. The predicted octanol–water partition coefficient (Wildman–Crippen LogP) is 2.06. The lowest BCUT2D eigenvalue weighted by molar-refractivity contribution is 0.0692. The van der Waals surface area contributed by atoms with Crippen LogP contribution in [0.5, 0.6) is 0 Å². The number of anilines is 1. The first kappa shape index (κ1) is 13.8. The van der Waals surface area contributed by atoms with Crippen LogP contribution < -0.4 is 4.90 Å². The first-order valence-electron chi connectivity index (χ1n) is 6.62. The second-order valence-electron chi connectivity index (χ2n) is 4.80. The fourth-order valence-corrected chi connectivity index (χ4v) is 2.42. The Bertz CT molecular complexity index is 457. The molecular formula is C14H19FN2O2. The van der Waals surface area contributed by atoms with E-state index in [2.05, 4.69) is 16.7 Å². The zero-order valence-electron chi connectivity index (χ0n) is 11.1. The number of benzene rings is 1. The Balaban J connectivity index is 2.04. The molecule has 5 heteroatoms. The van der Waals surface area contributed by atoms with E-state index in [9.17, 15) is 9.18 Å². The van der Waals surface area contributed by atoms with Crippen molar-refractivity contribution in [3.8, 4) is 0 Å². The van der Waals surface area contributed by atoms with Crippen molar-refractivity contribution < 1.29 is 14.3 Å². The maximum atomic E-state index is 13.6. The third-order valence-electron chi connectivity index (χ3n) is 3.46. The smallest absolute Gasteiger partial charge is 0.338 e. The third kappa shape index (κ3) is 3.23. The van der Waals surface area contributed by atoms with Gasteiger partial charge in [-0.3, -0.25) is 4.90 Å². The number of rotatable bonds is 4. The van der Waals surface area contributed by atoms with Gasteiger partial charge in [0, 0.05) is 31.9 Å². The van der Waals surface area contributed by atoms with E-state index >= 15 is 0 Å². The topological polar surface area (TPSA) is 43.8 Å². The molecule has 1 aromatic carbocycles. The van der Waals surface area contributed by atoms with E-state index in [4.69, 9.17) is 5.11 Å². The molecule has 1 saturated heterocycles. The minimum atomic E-state index is -1.23. The molecule has 1 aromatic rings. The fourth-order valence-electron chi connectivity index (χ4n) is 2.42. The van der Waals surface area contributed by atoms with Gasteiger partial charge in [0.25, 0.3) is 0 Å². The summed E-state index contributed by atoms with van der Waals surface area (Å²) in [7, 11) is 0. The van der Waals surface area contributed by atoms with Gasteiger partial charge in [0.2, 0.25) is 0 Å². The van der Waals surface area contributed by atoms with Crippen LogP contribution >= 0.6 is 0 Å². The maximum Gasteiger partial charge on any atom is 0.338 e. The first-order chi connectivity index (χ1) is 9.11. The predicted molar refractivity (Wildman–Crippen MR) is 72.3 cm³/mol. The highest BCUT2D eigenvalue weighted by molar-refractivity contribution is 5.88. The molecule has 2 rings (SSSR count). The number of halogens is 1. The molecule has 1 fully saturated rings. The SMILES string of the molecule is CCCN1CCN(c2ccc(C(=O)O)c(F)c2)CC1. The number of piperazine rings is 1. The van der Waals surface area contributed by atoms with E-state index in [1.807, 2.05) is 0 Å². The van der Waals surface area contributed by atoms with Crippen molar-refractivity contribution >= 4 is 11.7 Å². The van der Waals surface area contributed by atoms with E-state index in [1.54, 1.807) is 6.07 Å². The molecule has 1 aliphatic heterocycles. The number of carboxylic acids is 1. The Hall–Kier alpha value is -1.62. The summed E-state index contributed by atoms with van der Waals surface area (Å²) < 4.78 is 13.6. The minimum Gasteiger partial charge on any atom is -0.478 e. The lowest BCUT2D eigenvalue weighted by Crippen LogP contribution is -2.46. The van der Waals surface area contributed by atoms with Crippen molar-refractivity contribution in [2.45, 2.75) is 13.3 Å². The maximum absolute atomic E-state index is 13.6. The number of nitrogens with zero attached hydrogens (tertiary/aromatic N) is 2. The number of hydrogen-bond acceptors (Lipinski definition) is 3. The van der Waals surface area contributed by atoms with Crippen LogP contribution in [0, 0.1) is 5.82 Å².